The number of carbonyl (C=O) groups is 2. The Hall–Kier alpha value is -4.65. The molecule has 7 heteroatoms. The lowest BCUT2D eigenvalue weighted by Crippen LogP contribution is -2.59. The number of ketones is 1. The highest BCUT2D eigenvalue weighted by Crippen LogP contribution is 2.47. The van der Waals surface area contributed by atoms with Crippen LogP contribution in [-0.2, 0) is 9.59 Å². The van der Waals surface area contributed by atoms with E-state index in [2.05, 4.69) is 0 Å². The molecule has 0 radical (unpaired) electrons. The summed E-state index contributed by atoms with van der Waals surface area (Å²) in [7, 11) is 0. The number of carbonyl (C=O) groups excluding carboxylic acids is 2. The SMILES string of the molecule is O=C(COc1ccc(F)cc1)C1C(=O)N(c2ccccc2)C1c1ccc(-c2cccc(O)c2)cc1O. The maximum Gasteiger partial charge on any atom is 0.240 e. The summed E-state index contributed by atoms with van der Waals surface area (Å²) in [5.41, 5.74) is 2.41. The fourth-order valence-electron chi connectivity index (χ4n) is 4.43. The van der Waals surface area contributed by atoms with E-state index in [4.69, 9.17) is 4.74 Å². The summed E-state index contributed by atoms with van der Waals surface area (Å²) in [6, 6.07) is 25.1. The predicted molar refractivity (Wildman–Crippen MR) is 132 cm³/mol. The molecule has 5 rings (SSSR count). The molecule has 2 atom stereocenters. The van der Waals surface area contributed by atoms with Gasteiger partial charge in [-0.25, -0.2) is 4.39 Å². The van der Waals surface area contributed by atoms with Crippen molar-refractivity contribution in [3.05, 3.63) is 108 Å². The Kier molecular flexibility index (Phi) is 6.12. The van der Waals surface area contributed by atoms with Gasteiger partial charge in [0.25, 0.3) is 0 Å². The van der Waals surface area contributed by atoms with Crippen LogP contribution < -0.4 is 9.64 Å². The van der Waals surface area contributed by atoms with Crippen molar-refractivity contribution >= 4 is 17.4 Å². The van der Waals surface area contributed by atoms with Crippen molar-refractivity contribution in [2.45, 2.75) is 6.04 Å². The summed E-state index contributed by atoms with van der Waals surface area (Å²) in [5, 5.41) is 20.8. The third kappa shape index (κ3) is 4.38. The van der Waals surface area contributed by atoms with E-state index < -0.39 is 29.5 Å². The van der Waals surface area contributed by atoms with Gasteiger partial charge in [0.2, 0.25) is 5.91 Å². The Morgan fingerprint density at radius 3 is 2.28 bits per heavy atom. The second-order valence-electron chi connectivity index (χ2n) is 8.50. The van der Waals surface area contributed by atoms with Crippen LogP contribution in [0, 0.1) is 11.7 Å². The summed E-state index contributed by atoms with van der Waals surface area (Å²) >= 11 is 0. The topological polar surface area (TPSA) is 87.1 Å². The van der Waals surface area contributed by atoms with Gasteiger partial charge in [0.1, 0.15) is 35.6 Å². The van der Waals surface area contributed by atoms with E-state index in [0.717, 1.165) is 0 Å². The summed E-state index contributed by atoms with van der Waals surface area (Å²) in [6.45, 7) is -0.372. The number of hydrogen-bond acceptors (Lipinski definition) is 5. The molecule has 4 aromatic rings. The van der Waals surface area contributed by atoms with Gasteiger partial charge in [-0.1, -0.05) is 42.5 Å². The quantitative estimate of drug-likeness (QED) is 0.277. The molecular formula is C29H22FNO5. The molecule has 1 fully saturated rings. The van der Waals surface area contributed by atoms with Crippen molar-refractivity contribution in [1.29, 1.82) is 0 Å². The number of rotatable bonds is 7. The van der Waals surface area contributed by atoms with Crippen LogP contribution in [-0.4, -0.2) is 28.5 Å². The summed E-state index contributed by atoms with van der Waals surface area (Å²) in [6.07, 6.45) is 0. The normalized spacial score (nSPS) is 16.9. The molecule has 6 nitrogen and oxygen atoms in total. The molecule has 36 heavy (non-hydrogen) atoms. The molecular weight excluding hydrogens is 461 g/mol. The molecule has 0 aliphatic carbocycles. The molecule has 180 valence electrons. The lowest BCUT2D eigenvalue weighted by atomic mass is 9.78. The van der Waals surface area contributed by atoms with Gasteiger partial charge in [-0.15, -0.1) is 0 Å². The zero-order valence-electron chi connectivity index (χ0n) is 19.0. The Morgan fingerprint density at radius 1 is 0.861 bits per heavy atom. The largest absolute Gasteiger partial charge is 0.508 e. The average Bonchev–Trinajstić information content (AvgIpc) is 2.88. The van der Waals surface area contributed by atoms with E-state index in [1.165, 1.54) is 29.2 Å². The summed E-state index contributed by atoms with van der Waals surface area (Å²) in [4.78, 5) is 27.8. The van der Waals surface area contributed by atoms with Gasteiger partial charge < -0.3 is 19.8 Å². The van der Waals surface area contributed by atoms with E-state index >= 15 is 0 Å². The van der Waals surface area contributed by atoms with Crippen molar-refractivity contribution in [2.24, 2.45) is 5.92 Å². The predicted octanol–water partition coefficient (Wildman–Crippen LogP) is 5.26. The molecule has 1 saturated heterocycles. The van der Waals surface area contributed by atoms with Gasteiger partial charge >= 0.3 is 0 Å². The Balaban J connectivity index is 1.45. The van der Waals surface area contributed by atoms with Crippen LogP contribution in [0.2, 0.25) is 0 Å². The number of ether oxygens (including phenoxy) is 1. The molecule has 1 amide bonds. The van der Waals surface area contributed by atoms with Gasteiger partial charge in [-0.3, -0.25) is 9.59 Å². The Morgan fingerprint density at radius 2 is 1.58 bits per heavy atom. The van der Waals surface area contributed by atoms with Crippen LogP contribution in [0.5, 0.6) is 17.2 Å². The zero-order valence-corrected chi connectivity index (χ0v) is 19.0. The van der Waals surface area contributed by atoms with Gasteiger partial charge in [0.05, 0.1) is 6.04 Å². The van der Waals surface area contributed by atoms with Crippen LogP contribution >= 0.6 is 0 Å². The number of amides is 1. The minimum atomic E-state index is -1.05. The van der Waals surface area contributed by atoms with E-state index in [0.29, 0.717) is 28.1 Å². The fourth-order valence-corrected chi connectivity index (χ4v) is 4.43. The molecule has 1 heterocycles. The van der Waals surface area contributed by atoms with E-state index in [9.17, 15) is 24.2 Å². The first-order valence-corrected chi connectivity index (χ1v) is 11.3. The molecule has 0 bridgehead atoms. The first-order chi connectivity index (χ1) is 17.4. The maximum atomic E-state index is 13.2. The second-order valence-corrected chi connectivity index (χ2v) is 8.50. The number of aromatic hydroxyl groups is 2. The number of halogens is 1. The maximum absolute atomic E-state index is 13.2. The lowest BCUT2D eigenvalue weighted by molar-refractivity contribution is -0.141. The second kappa shape index (κ2) is 9.54. The van der Waals surface area contributed by atoms with E-state index in [1.807, 2.05) is 6.07 Å². The first kappa shape index (κ1) is 23.1. The highest BCUT2D eigenvalue weighted by Gasteiger charge is 2.53. The van der Waals surface area contributed by atoms with E-state index in [-0.39, 0.29) is 18.1 Å². The molecule has 0 saturated carbocycles. The fraction of sp³-hybridized carbons (Fsp3) is 0.103. The van der Waals surface area contributed by atoms with Crippen LogP contribution in [0.3, 0.4) is 0 Å². The molecule has 0 spiro atoms. The minimum absolute atomic E-state index is 0.0773. The number of para-hydroxylation sites is 1. The number of benzene rings is 4. The van der Waals surface area contributed by atoms with Crippen molar-refractivity contribution in [2.75, 3.05) is 11.5 Å². The first-order valence-electron chi connectivity index (χ1n) is 11.3. The Labute approximate surface area is 206 Å². The number of phenolic OH excluding ortho intramolecular Hbond substituents is 2. The molecule has 1 aliphatic rings. The number of nitrogens with zero attached hydrogens (tertiary/aromatic N) is 1. The van der Waals surface area contributed by atoms with Crippen molar-refractivity contribution < 1.29 is 28.9 Å². The van der Waals surface area contributed by atoms with Gasteiger partial charge in [-0.2, -0.15) is 0 Å². The monoisotopic (exact) mass is 483 g/mol. The number of β-lactam (4-membered cyclic amide) rings is 1. The van der Waals surface area contributed by atoms with Crippen LogP contribution in [0.15, 0.2) is 97.1 Å². The number of hydrogen-bond donors (Lipinski definition) is 2. The van der Waals surface area contributed by atoms with Gasteiger partial charge in [-0.05, 0) is 65.7 Å². The third-order valence-electron chi connectivity index (χ3n) is 6.20. The molecule has 2 unspecified atom stereocenters. The number of anilines is 1. The summed E-state index contributed by atoms with van der Waals surface area (Å²) < 4.78 is 18.7. The lowest BCUT2D eigenvalue weighted by Gasteiger charge is -2.46. The van der Waals surface area contributed by atoms with E-state index in [1.54, 1.807) is 66.7 Å². The average molecular weight is 483 g/mol. The third-order valence-corrected chi connectivity index (χ3v) is 6.20. The van der Waals surface area contributed by atoms with Gasteiger partial charge in [0.15, 0.2) is 5.78 Å². The van der Waals surface area contributed by atoms with Crippen molar-refractivity contribution in [3.63, 3.8) is 0 Å². The molecule has 1 aliphatic heterocycles. The van der Waals surface area contributed by atoms with Gasteiger partial charge in [0, 0.05) is 11.3 Å². The number of Topliss-reactive ketones (excluding diaryl/α,β-unsaturated/α-hetero) is 1. The molecule has 2 N–H and O–H groups in total. The molecule has 4 aromatic carbocycles. The van der Waals surface area contributed by atoms with Crippen molar-refractivity contribution in [3.8, 4) is 28.4 Å². The van der Waals surface area contributed by atoms with Crippen LogP contribution in [0.25, 0.3) is 11.1 Å². The van der Waals surface area contributed by atoms with Crippen LogP contribution in [0.1, 0.15) is 11.6 Å². The zero-order chi connectivity index (χ0) is 25.2. The Bertz CT molecular complexity index is 1420. The standard InChI is InChI=1S/C29H22FNO5/c30-20-10-12-23(13-11-20)36-17-26(34)27-28(31(29(27)35)21-6-2-1-3-7-21)24-14-9-19(16-25(24)33)18-5-4-8-22(32)15-18/h1-16,27-28,32-33H,17H2. The minimum Gasteiger partial charge on any atom is -0.508 e. The summed E-state index contributed by atoms with van der Waals surface area (Å²) in [5.74, 6) is -1.98. The number of phenols is 2. The smallest absolute Gasteiger partial charge is 0.240 e. The highest BCUT2D eigenvalue weighted by atomic mass is 19.1. The van der Waals surface area contributed by atoms with Crippen molar-refractivity contribution in [1.82, 2.24) is 0 Å². The highest BCUT2D eigenvalue weighted by molar-refractivity contribution is 6.16. The molecule has 0 aromatic heterocycles. The van der Waals surface area contributed by atoms with Crippen LogP contribution in [0.4, 0.5) is 10.1 Å².